The molecular formula is C14H27N. The molecule has 0 aromatic rings. The van der Waals surface area contributed by atoms with Crippen LogP contribution in [0.5, 0.6) is 0 Å². The Bertz CT molecular complexity index is 250. The van der Waals surface area contributed by atoms with Gasteiger partial charge in [0.1, 0.15) is 0 Å². The Kier molecular flexibility index (Phi) is 5.30. The summed E-state index contributed by atoms with van der Waals surface area (Å²) < 4.78 is 0. The zero-order valence-corrected chi connectivity index (χ0v) is 10.2. The van der Waals surface area contributed by atoms with Crippen LogP contribution in [0.2, 0.25) is 0 Å². The van der Waals surface area contributed by atoms with Crippen molar-refractivity contribution in [1.82, 2.24) is 4.90 Å². The molecule has 0 aromatic heterocycles. The van der Waals surface area contributed by atoms with E-state index < -0.39 is 0 Å². The highest BCUT2D eigenvalue weighted by Crippen LogP contribution is 2.31. The van der Waals surface area contributed by atoms with E-state index in [0.717, 1.165) is 6.54 Å². The molecule has 88 valence electrons. The second-order valence-corrected chi connectivity index (χ2v) is 5.21. The molecule has 0 saturated heterocycles. The van der Waals surface area contributed by atoms with E-state index in [9.17, 15) is 0 Å². The molecule has 0 spiro atoms. The van der Waals surface area contributed by atoms with E-state index in [2.05, 4.69) is 57.9 Å². The van der Waals surface area contributed by atoms with E-state index in [4.69, 9.17) is 0 Å². The standard InChI is InChI=1S/C13H23N.CH4/c1-11(2)14(5)10-13(4)8-6-7-12(3)9-13;/h6-8,11H,9-10H2,1-5H3;1H4. The summed E-state index contributed by atoms with van der Waals surface area (Å²) in [5.74, 6) is 0. The third-order valence-electron chi connectivity index (χ3n) is 3.05. The maximum absolute atomic E-state index is 2.42. The summed E-state index contributed by atoms with van der Waals surface area (Å²) in [6.45, 7) is 10.2. The Morgan fingerprint density at radius 3 is 2.53 bits per heavy atom. The van der Waals surface area contributed by atoms with Crippen LogP contribution in [0, 0.1) is 5.41 Å². The monoisotopic (exact) mass is 209 g/mol. The predicted octanol–water partition coefficient (Wildman–Crippen LogP) is 3.88. The summed E-state index contributed by atoms with van der Waals surface area (Å²) in [5, 5.41) is 0. The number of allylic oxidation sites excluding steroid dienone is 3. The van der Waals surface area contributed by atoms with Crippen LogP contribution in [0.1, 0.15) is 41.5 Å². The minimum Gasteiger partial charge on any atom is -0.303 e. The molecule has 0 heterocycles. The Labute approximate surface area is 95.9 Å². The van der Waals surface area contributed by atoms with Crippen LogP contribution in [-0.2, 0) is 0 Å². The molecule has 0 fully saturated rings. The van der Waals surface area contributed by atoms with Gasteiger partial charge in [-0.15, -0.1) is 0 Å². The number of hydrogen-bond acceptors (Lipinski definition) is 1. The molecule has 0 bridgehead atoms. The molecule has 0 radical (unpaired) electrons. The molecule has 1 nitrogen and oxygen atoms in total. The van der Waals surface area contributed by atoms with Gasteiger partial charge >= 0.3 is 0 Å². The fourth-order valence-electron chi connectivity index (χ4n) is 2.06. The number of hydrogen-bond donors (Lipinski definition) is 0. The van der Waals surface area contributed by atoms with Crippen LogP contribution in [0.15, 0.2) is 23.8 Å². The van der Waals surface area contributed by atoms with E-state index in [1.54, 1.807) is 0 Å². The lowest BCUT2D eigenvalue weighted by molar-refractivity contribution is 0.195. The molecule has 1 aliphatic carbocycles. The van der Waals surface area contributed by atoms with Crippen molar-refractivity contribution in [3.05, 3.63) is 23.8 Å². The maximum Gasteiger partial charge on any atom is 0.00729 e. The first-order valence-electron chi connectivity index (χ1n) is 5.48. The molecule has 0 amide bonds. The van der Waals surface area contributed by atoms with Gasteiger partial charge in [-0.3, -0.25) is 0 Å². The van der Waals surface area contributed by atoms with Crippen molar-refractivity contribution in [2.45, 2.75) is 47.6 Å². The van der Waals surface area contributed by atoms with Gasteiger partial charge in [0, 0.05) is 18.0 Å². The SMILES string of the molecule is C.CC1=CC=CC(C)(CN(C)C(C)C)C1. The lowest BCUT2D eigenvalue weighted by Crippen LogP contribution is -2.37. The highest BCUT2D eigenvalue weighted by atomic mass is 15.1. The van der Waals surface area contributed by atoms with Crippen molar-refractivity contribution >= 4 is 0 Å². The second-order valence-electron chi connectivity index (χ2n) is 5.21. The van der Waals surface area contributed by atoms with Crippen molar-refractivity contribution in [2.75, 3.05) is 13.6 Å². The second kappa shape index (κ2) is 5.50. The Morgan fingerprint density at radius 2 is 2.07 bits per heavy atom. The molecule has 0 N–H and O–H groups in total. The third-order valence-corrected chi connectivity index (χ3v) is 3.05. The van der Waals surface area contributed by atoms with Gasteiger partial charge in [0.15, 0.2) is 0 Å². The third kappa shape index (κ3) is 4.21. The minimum absolute atomic E-state index is 0. The average Bonchev–Trinajstić information content (AvgIpc) is 2.02. The van der Waals surface area contributed by atoms with Gasteiger partial charge in [-0.05, 0) is 34.2 Å². The Balaban J connectivity index is 0.00000196. The topological polar surface area (TPSA) is 3.24 Å². The number of rotatable bonds is 3. The van der Waals surface area contributed by atoms with Crippen LogP contribution in [-0.4, -0.2) is 24.5 Å². The molecule has 1 atom stereocenters. The van der Waals surface area contributed by atoms with Crippen LogP contribution < -0.4 is 0 Å². The van der Waals surface area contributed by atoms with Crippen molar-refractivity contribution in [1.29, 1.82) is 0 Å². The van der Waals surface area contributed by atoms with E-state index >= 15 is 0 Å². The average molecular weight is 209 g/mol. The van der Waals surface area contributed by atoms with Crippen molar-refractivity contribution in [2.24, 2.45) is 5.41 Å². The summed E-state index contributed by atoms with van der Waals surface area (Å²) in [6.07, 6.45) is 7.96. The quantitative estimate of drug-likeness (QED) is 0.682. The number of nitrogens with zero attached hydrogens (tertiary/aromatic N) is 1. The zero-order chi connectivity index (χ0) is 10.8. The van der Waals surface area contributed by atoms with Gasteiger partial charge in [0.25, 0.3) is 0 Å². The summed E-state index contributed by atoms with van der Waals surface area (Å²) >= 11 is 0. The molecule has 1 heteroatoms. The van der Waals surface area contributed by atoms with Gasteiger partial charge in [-0.1, -0.05) is 38.2 Å². The first kappa shape index (κ1) is 14.4. The van der Waals surface area contributed by atoms with Crippen LogP contribution >= 0.6 is 0 Å². The van der Waals surface area contributed by atoms with Gasteiger partial charge in [0.2, 0.25) is 0 Å². The summed E-state index contributed by atoms with van der Waals surface area (Å²) in [7, 11) is 2.21. The lowest BCUT2D eigenvalue weighted by atomic mass is 9.80. The summed E-state index contributed by atoms with van der Waals surface area (Å²) in [6, 6.07) is 0.631. The van der Waals surface area contributed by atoms with Gasteiger partial charge in [-0.25, -0.2) is 0 Å². The first-order chi connectivity index (χ1) is 6.43. The minimum atomic E-state index is 0. The fourth-order valence-corrected chi connectivity index (χ4v) is 2.06. The smallest absolute Gasteiger partial charge is 0.00729 e. The molecule has 1 unspecified atom stereocenters. The molecule has 1 rings (SSSR count). The lowest BCUT2D eigenvalue weighted by Gasteiger charge is -2.35. The molecule has 1 aliphatic rings. The van der Waals surface area contributed by atoms with Crippen LogP contribution in [0.3, 0.4) is 0 Å². The zero-order valence-electron chi connectivity index (χ0n) is 10.2. The molecule has 0 aromatic carbocycles. The van der Waals surface area contributed by atoms with Crippen LogP contribution in [0.4, 0.5) is 0 Å². The van der Waals surface area contributed by atoms with E-state index in [1.807, 2.05) is 0 Å². The highest BCUT2D eigenvalue weighted by Gasteiger charge is 2.25. The summed E-state index contributed by atoms with van der Waals surface area (Å²) in [4.78, 5) is 2.42. The van der Waals surface area contributed by atoms with Gasteiger partial charge in [-0.2, -0.15) is 0 Å². The normalized spacial score (nSPS) is 25.4. The first-order valence-corrected chi connectivity index (χ1v) is 5.48. The van der Waals surface area contributed by atoms with Crippen LogP contribution in [0.25, 0.3) is 0 Å². The van der Waals surface area contributed by atoms with Crippen molar-refractivity contribution in [3.63, 3.8) is 0 Å². The Morgan fingerprint density at radius 1 is 1.47 bits per heavy atom. The van der Waals surface area contributed by atoms with E-state index in [-0.39, 0.29) is 7.43 Å². The summed E-state index contributed by atoms with van der Waals surface area (Å²) in [5.41, 5.74) is 1.82. The van der Waals surface area contributed by atoms with E-state index in [1.165, 1.54) is 12.0 Å². The maximum atomic E-state index is 2.42. The molecule has 0 saturated carbocycles. The fraction of sp³-hybridized carbons (Fsp3) is 0.714. The molecular weight excluding hydrogens is 182 g/mol. The highest BCUT2D eigenvalue weighted by molar-refractivity contribution is 5.22. The Hall–Kier alpha value is -0.560. The van der Waals surface area contributed by atoms with Gasteiger partial charge < -0.3 is 4.90 Å². The van der Waals surface area contributed by atoms with E-state index in [0.29, 0.717) is 11.5 Å². The molecule has 15 heavy (non-hydrogen) atoms. The predicted molar refractivity (Wildman–Crippen MR) is 70.1 cm³/mol. The van der Waals surface area contributed by atoms with Gasteiger partial charge in [0.05, 0.1) is 0 Å². The molecule has 0 aliphatic heterocycles. The largest absolute Gasteiger partial charge is 0.303 e. The van der Waals surface area contributed by atoms with Crippen molar-refractivity contribution < 1.29 is 0 Å². The van der Waals surface area contributed by atoms with Crippen molar-refractivity contribution in [3.8, 4) is 0 Å².